The summed E-state index contributed by atoms with van der Waals surface area (Å²) in [6, 6.07) is 7.71. The van der Waals surface area contributed by atoms with Crippen LogP contribution in [0.1, 0.15) is 33.6 Å². The summed E-state index contributed by atoms with van der Waals surface area (Å²) in [5.74, 6) is 0.612. The molecule has 0 unspecified atom stereocenters. The van der Waals surface area contributed by atoms with Gasteiger partial charge in [-0.15, -0.1) is 0 Å². The highest BCUT2D eigenvalue weighted by atomic mass is 16.5. The van der Waals surface area contributed by atoms with Gasteiger partial charge in [0.25, 0.3) is 0 Å². The van der Waals surface area contributed by atoms with Gasteiger partial charge in [0, 0.05) is 47.5 Å². The lowest BCUT2D eigenvalue weighted by atomic mass is 10.0. The highest BCUT2D eigenvalue weighted by molar-refractivity contribution is 5.67. The number of nitrogens with zero attached hydrogens (tertiary/aromatic N) is 10. The number of nitrogens with one attached hydrogen (secondary N) is 2. The Morgan fingerprint density at radius 1 is 0.700 bits per heavy atom. The normalized spacial score (nSPS) is 13.8. The van der Waals surface area contributed by atoms with Gasteiger partial charge >= 0.3 is 0 Å². The maximum atomic E-state index is 9.34. The summed E-state index contributed by atoms with van der Waals surface area (Å²) in [5.41, 5.74) is 10.2. The quantitative estimate of drug-likeness (QED) is 0.262. The van der Waals surface area contributed by atoms with Crippen LogP contribution in [-0.2, 0) is 35.2 Å². The van der Waals surface area contributed by atoms with Crippen molar-refractivity contribution in [3.05, 3.63) is 83.0 Å². The second-order valence-corrected chi connectivity index (χ2v) is 11.3. The van der Waals surface area contributed by atoms with Crippen molar-refractivity contribution in [2.24, 2.45) is 0 Å². The highest BCUT2D eigenvalue weighted by Gasteiger charge is 2.25. The number of aromatic amines is 2. The number of hydrogen-bond acceptors (Lipinski definition) is 12. The zero-order valence-electron chi connectivity index (χ0n) is 27.4. The van der Waals surface area contributed by atoms with Gasteiger partial charge < -0.3 is 18.9 Å². The molecule has 0 amide bonds. The lowest BCUT2D eigenvalue weighted by Gasteiger charge is -2.09. The van der Waals surface area contributed by atoms with Crippen molar-refractivity contribution in [2.75, 3.05) is 40.6 Å². The van der Waals surface area contributed by atoms with Crippen molar-refractivity contribution in [3.63, 3.8) is 0 Å². The summed E-state index contributed by atoms with van der Waals surface area (Å²) in [7, 11) is 2.99. The Morgan fingerprint density at radius 3 is 1.88 bits per heavy atom. The molecular formula is C34H32N12O4. The van der Waals surface area contributed by atoms with E-state index in [-0.39, 0.29) is 0 Å². The molecule has 8 heterocycles. The Bertz CT molecular complexity index is 2190. The molecule has 0 saturated heterocycles. The van der Waals surface area contributed by atoms with E-state index in [0.717, 1.165) is 76.4 Å². The molecule has 16 nitrogen and oxygen atoms in total. The van der Waals surface area contributed by atoms with E-state index < -0.39 is 0 Å². The first kappa shape index (κ1) is 32.2. The number of fused-ring (bicyclic) bond motifs is 2. The average Bonchev–Trinajstić information content (AvgIpc) is 3.95. The molecular weight excluding hydrogens is 640 g/mol. The summed E-state index contributed by atoms with van der Waals surface area (Å²) in [6.45, 7) is 2.61. The minimum atomic E-state index is 0.304. The lowest BCUT2D eigenvalue weighted by molar-refractivity contribution is 0.145. The lowest BCUT2D eigenvalue weighted by Crippen LogP contribution is -2.06. The number of H-pyrrole nitrogens is 2. The SMILES string of the molecule is COc1ncc(-n2nc(-c3cn[nH]c3)c3c2CCOCC3)cc1C#N.COc1ncc(-n2nc3c(c2-c2cn[nH]c2)CCOCC3)cc1C#N. The smallest absolute Gasteiger partial charge is 0.231 e. The molecule has 0 atom stereocenters. The maximum absolute atomic E-state index is 9.34. The number of pyridine rings is 2. The molecule has 0 aromatic carbocycles. The standard InChI is InChI=1S/2C17H16N6O2/c1-24-17-11(7-18)6-13(10-19-17)23-15-3-5-25-4-2-14(15)16(22-23)12-8-20-21-9-12;1-24-17-11(7-18)6-13(10-19-17)23-16(12-8-20-21-9-12)14-2-4-25-5-3-15(14)22-23/h2*6,8-10H,2-5H2,1H3,(H,20,21). The van der Waals surface area contributed by atoms with Gasteiger partial charge in [-0.05, 0) is 25.0 Å². The fourth-order valence-corrected chi connectivity index (χ4v) is 6.14. The molecule has 0 fully saturated rings. The van der Waals surface area contributed by atoms with E-state index in [1.807, 2.05) is 21.8 Å². The van der Waals surface area contributed by atoms with Crippen molar-refractivity contribution in [1.82, 2.24) is 49.9 Å². The van der Waals surface area contributed by atoms with Crippen LogP contribution in [0.2, 0.25) is 0 Å². The van der Waals surface area contributed by atoms with Gasteiger partial charge in [-0.2, -0.15) is 30.9 Å². The molecule has 2 N–H and O–H groups in total. The van der Waals surface area contributed by atoms with Crippen molar-refractivity contribution in [2.45, 2.75) is 25.7 Å². The molecule has 0 spiro atoms. The first-order valence-electron chi connectivity index (χ1n) is 15.9. The Labute approximate surface area is 286 Å². The topological polar surface area (TPSA) is 203 Å². The zero-order chi connectivity index (χ0) is 34.5. The zero-order valence-corrected chi connectivity index (χ0v) is 27.4. The monoisotopic (exact) mass is 672 g/mol. The summed E-state index contributed by atoms with van der Waals surface area (Å²) in [5, 5.41) is 42.0. The Morgan fingerprint density at radius 2 is 1.28 bits per heavy atom. The second-order valence-electron chi connectivity index (χ2n) is 11.3. The number of hydrogen-bond donors (Lipinski definition) is 2. The molecule has 0 aliphatic carbocycles. The number of nitriles is 2. The molecule has 2 aliphatic rings. The second kappa shape index (κ2) is 14.4. The summed E-state index contributed by atoms with van der Waals surface area (Å²) in [6.07, 6.45) is 13.6. The fraction of sp³-hybridized carbons (Fsp3) is 0.294. The summed E-state index contributed by atoms with van der Waals surface area (Å²) in [4.78, 5) is 8.47. The summed E-state index contributed by atoms with van der Waals surface area (Å²) >= 11 is 0. The van der Waals surface area contributed by atoms with E-state index in [1.54, 1.807) is 36.9 Å². The van der Waals surface area contributed by atoms with Crippen molar-refractivity contribution in [1.29, 1.82) is 10.5 Å². The molecule has 0 saturated carbocycles. The molecule has 0 radical (unpaired) electrons. The minimum absolute atomic E-state index is 0.304. The van der Waals surface area contributed by atoms with Gasteiger partial charge in [-0.3, -0.25) is 10.2 Å². The Balaban J connectivity index is 0.000000157. The van der Waals surface area contributed by atoms with E-state index in [4.69, 9.17) is 29.1 Å². The van der Waals surface area contributed by atoms with E-state index in [0.29, 0.717) is 55.0 Å². The molecule has 252 valence electrons. The number of methoxy groups -OCH3 is 2. The average molecular weight is 673 g/mol. The van der Waals surface area contributed by atoms with E-state index in [9.17, 15) is 10.5 Å². The van der Waals surface area contributed by atoms with Crippen LogP contribution in [-0.4, -0.2) is 90.6 Å². The summed E-state index contributed by atoms with van der Waals surface area (Å²) < 4.78 is 25.1. The fourth-order valence-electron chi connectivity index (χ4n) is 6.14. The first-order valence-corrected chi connectivity index (χ1v) is 15.9. The van der Waals surface area contributed by atoms with Crippen LogP contribution in [0.25, 0.3) is 33.9 Å². The van der Waals surface area contributed by atoms with Crippen molar-refractivity contribution < 1.29 is 18.9 Å². The predicted molar refractivity (Wildman–Crippen MR) is 177 cm³/mol. The van der Waals surface area contributed by atoms with Gasteiger partial charge in [0.15, 0.2) is 0 Å². The van der Waals surface area contributed by atoms with Crippen molar-refractivity contribution in [3.8, 4) is 57.8 Å². The van der Waals surface area contributed by atoms with Crippen LogP contribution in [0.5, 0.6) is 11.8 Å². The first-order chi connectivity index (χ1) is 24.6. The number of rotatable bonds is 6. The third-order valence-electron chi connectivity index (χ3n) is 8.45. The van der Waals surface area contributed by atoms with E-state index >= 15 is 0 Å². The highest BCUT2D eigenvalue weighted by Crippen LogP contribution is 2.32. The van der Waals surface area contributed by atoms with Gasteiger partial charge in [0.05, 0.1) is 99.6 Å². The van der Waals surface area contributed by atoms with Crippen LogP contribution in [0.3, 0.4) is 0 Å². The largest absolute Gasteiger partial charge is 0.480 e. The number of ether oxygens (including phenoxy) is 4. The van der Waals surface area contributed by atoms with E-state index in [1.165, 1.54) is 14.2 Å². The van der Waals surface area contributed by atoms with E-state index in [2.05, 4.69) is 42.5 Å². The molecule has 8 rings (SSSR count). The van der Waals surface area contributed by atoms with Crippen LogP contribution in [0.4, 0.5) is 0 Å². The third-order valence-corrected chi connectivity index (χ3v) is 8.45. The van der Waals surface area contributed by atoms with Crippen molar-refractivity contribution >= 4 is 0 Å². The van der Waals surface area contributed by atoms with Gasteiger partial charge in [-0.25, -0.2) is 19.3 Å². The van der Waals surface area contributed by atoms with Crippen LogP contribution < -0.4 is 9.47 Å². The Hall–Kier alpha value is -6.36. The van der Waals surface area contributed by atoms with Gasteiger partial charge in [-0.1, -0.05) is 0 Å². The molecule has 16 heteroatoms. The molecule has 6 aromatic rings. The molecule has 50 heavy (non-hydrogen) atoms. The molecule has 0 bridgehead atoms. The predicted octanol–water partition coefficient (Wildman–Crippen LogP) is 3.31. The van der Waals surface area contributed by atoms with Gasteiger partial charge in [0.2, 0.25) is 11.8 Å². The molecule has 2 aliphatic heterocycles. The maximum Gasteiger partial charge on any atom is 0.231 e. The van der Waals surface area contributed by atoms with Crippen LogP contribution in [0.15, 0.2) is 49.3 Å². The van der Waals surface area contributed by atoms with Crippen LogP contribution >= 0.6 is 0 Å². The van der Waals surface area contributed by atoms with Crippen LogP contribution in [0, 0.1) is 22.7 Å². The van der Waals surface area contributed by atoms with Gasteiger partial charge in [0.1, 0.15) is 23.3 Å². The molecule has 6 aromatic heterocycles. The third kappa shape index (κ3) is 6.16. The number of aromatic nitrogens is 10. The minimum Gasteiger partial charge on any atom is -0.480 e. The Kier molecular flexibility index (Phi) is 9.28.